The van der Waals surface area contributed by atoms with Crippen molar-refractivity contribution < 1.29 is 0 Å². The molecule has 1 aliphatic rings. The quantitative estimate of drug-likeness (QED) is 0.755. The number of alkyl halides is 1. The number of nitrogens with zero attached hydrogens (tertiary/aromatic N) is 2. The van der Waals surface area contributed by atoms with Crippen LogP contribution in [0.4, 0.5) is 11.5 Å². The van der Waals surface area contributed by atoms with E-state index < -0.39 is 0 Å². The summed E-state index contributed by atoms with van der Waals surface area (Å²) in [6, 6.07) is 10.9. The molecule has 0 saturated heterocycles. The molecule has 1 aliphatic heterocycles. The number of rotatable bonds is 2. The van der Waals surface area contributed by atoms with Crippen molar-refractivity contribution >= 4 is 23.1 Å². The zero-order chi connectivity index (χ0) is 14.1. The van der Waals surface area contributed by atoms with Crippen molar-refractivity contribution in [2.75, 3.05) is 11.4 Å². The van der Waals surface area contributed by atoms with Crippen LogP contribution in [0.3, 0.4) is 0 Å². The highest BCUT2D eigenvalue weighted by molar-refractivity contribution is 6.17. The molecule has 3 heteroatoms. The van der Waals surface area contributed by atoms with Crippen molar-refractivity contribution in [3.63, 3.8) is 0 Å². The summed E-state index contributed by atoms with van der Waals surface area (Å²) in [6.07, 6.45) is 2.33. The van der Waals surface area contributed by atoms with Crippen LogP contribution in [-0.2, 0) is 12.3 Å². The van der Waals surface area contributed by atoms with Gasteiger partial charge in [0.05, 0.1) is 0 Å². The van der Waals surface area contributed by atoms with Crippen LogP contribution in [0, 0.1) is 13.8 Å². The molecule has 0 N–H and O–H groups in total. The Hall–Kier alpha value is -1.54. The fourth-order valence-corrected chi connectivity index (χ4v) is 3.11. The molecule has 0 aliphatic carbocycles. The average molecular weight is 287 g/mol. The maximum Gasteiger partial charge on any atom is 0.133 e. The van der Waals surface area contributed by atoms with Gasteiger partial charge in [-0.2, -0.15) is 0 Å². The van der Waals surface area contributed by atoms with E-state index in [-0.39, 0.29) is 0 Å². The van der Waals surface area contributed by atoms with E-state index in [1.807, 2.05) is 6.92 Å². The first-order valence-electron chi connectivity index (χ1n) is 7.08. The van der Waals surface area contributed by atoms with Crippen LogP contribution in [0.2, 0.25) is 0 Å². The van der Waals surface area contributed by atoms with E-state index in [1.165, 1.54) is 23.2 Å². The highest BCUT2D eigenvalue weighted by Crippen LogP contribution is 2.33. The van der Waals surface area contributed by atoms with Gasteiger partial charge in [0, 0.05) is 23.8 Å². The average Bonchev–Trinajstić information content (AvgIpc) is 2.46. The number of pyridine rings is 1. The van der Waals surface area contributed by atoms with E-state index >= 15 is 0 Å². The molecule has 0 spiro atoms. The normalized spacial score (nSPS) is 14.2. The molecule has 1 aromatic heterocycles. The third-order valence-corrected chi connectivity index (χ3v) is 4.24. The fraction of sp³-hybridized carbons (Fsp3) is 0.353. The third-order valence-electron chi connectivity index (χ3n) is 3.95. The number of fused-ring (bicyclic) bond motifs is 1. The minimum atomic E-state index is 0.523. The van der Waals surface area contributed by atoms with Crippen molar-refractivity contribution in [2.45, 2.75) is 32.6 Å². The lowest BCUT2D eigenvalue weighted by molar-refractivity contribution is 0.757. The number of anilines is 2. The molecule has 0 saturated carbocycles. The van der Waals surface area contributed by atoms with Crippen molar-refractivity contribution in [3.05, 3.63) is 52.7 Å². The monoisotopic (exact) mass is 286 g/mol. The van der Waals surface area contributed by atoms with Gasteiger partial charge in [0.1, 0.15) is 5.82 Å². The van der Waals surface area contributed by atoms with Crippen LogP contribution in [0.5, 0.6) is 0 Å². The summed E-state index contributed by atoms with van der Waals surface area (Å²) in [5.41, 5.74) is 6.19. The molecule has 2 heterocycles. The minimum absolute atomic E-state index is 0.523. The van der Waals surface area contributed by atoms with Gasteiger partial charge < -0.3 is 4.90 Å². The van der Waals surface area contributed by atoms with Crippen LogP contribution >= 0.6 is 11.6 Å². The van der Waals surface area contributed by atoms with Gasteiger partial charge in [-0.25, -0.2) is 4.98 Å². The van der Waals surface area contributed by atoms with E-state index in [0.717, 1.165) is 30.0 Å². The van der Waals surface area contributed by atoms with Gasteiger partial charge in [-0.05, 0) is 49.9 Å². The van der Waals surface area contributed by atoms with Crippen molar-refractivity contribution in [1.82, 2.24) is 4.98 Å². The second-order valence-electron chi connectivity index (χ2n) is 5.43. The van der Waals surface area contributed by atoms with E-state index in [2.05, 4.69) is 42.2 Å². The molecule has 104 valence electrons. The second kappa shape index (κ2) is 5.45. The Morgan fingerprint density at radius 3 is 2.80 bits per heavy atom. The molecule has 2 aromatic rings. The number of hydrogen-bond donors (Lipinski definition) is 0. The molecule has 0 atom stereocenters. The highest BCUT2D eigenvalue weighted by Gasteiger charge is 2.19. The lowest BCUT2D eigenvalue weighted by atomic mass is 9.99. The first-order valence-corrected chi connectivity index (χ1v) is 7.62. The van der Waals surface area contributed by atoms with Crippen LogP contribution in [0.15, 0.2) is 30.3 Å². The van der Waals surface area contributed by atoms with Crippen molar-refractivity contribution in [3.8, 4) is 0 Å². The van der Waals surface area contributed by atoms with Crippen LogP contribution in [-0.4, -0.2) is 11.5 Å². The Kier molecular flexibility index (Phi) is 3.66. The van der Waals surface area contributed by atoms with E-state index in [9.17, 15) is 0 Å². The molecule has 3 rings (SSSR count). The van der Waals surface area contributed by atoms with Gasteiger partial charge >= 0.3 is 0 Å². The number of hydrogen-bond acceptors (Lipinski definition) is 2. The van der Waals surface area contributed by atoms with Gasteiger partial charge in [0.25, 0.3) is 0 Å². The zero-order valence-corrected chi connectivity index (χ0v) is 12.7. The molecular weight excluding hydrogens is 268 g/mol. The first kappa shape index (κ1) is 13.4. The Balaban J connectivity index is 2.02. The Labute approximate surface area is 125 Å². The smallest absolute Gasteiger partial charge is 0.133 e. The summed E-state index contributed by atoms with van der Waals surface area (Å²) in [5.74, 6) is 1.55. The predicted molar refractivity (Wildman–Crippen MR) is 85.0 cm³/mol. The molecular formula is C17H19ClN2. The summed E-state index contributed by atoms with van der Waals surface area (Å²) in [4.78, 5) is 7.05. The number of aryl methyl sites for hydroxylation is 3. The zero-order valence-electron chi connectivity index (χ0n) is 12.0. The summed E-state index contributed by atoms with van der Waals surface area (Å²) in [7, 11) is 0. The lowest BCUT2D eigenvalue weighted by Crippen LogP contribution is -2.25. The highest BCUT2D eigenvalue weighted by atomic mass is 35.5. The second-order valence-corrected chi connectivity index (χ2v) is 5.70. The number of benzene rings is 1. The van der Waals surface area contributed by atoms with Crippen LogP contribution in [0.1, 0.15) is 28.8 Å². The summed E-state index contributed by atoms with van der Waals surface area (Å²) >= 11 is 5.92. The fourth-order valence-electron chi connectivity index (χ4n) is 2.83. The molecule has 2 nitrogen and oxygen atoms in total. The standard InChI is InChI=1S/C17H19ClN2/c1-12-5-7-16-14(10-12)4-3-9-20(16)17-8-6-15(11-18)13(2)19-17/h5-8,10H,3-4,9,11H2,1-2H3. The maximum absolute atomic E-state index is 5.92. The molecule has 0 amide bonds. The summed E-state index contributed by atoms with van der Waals surface area (Å²) < 4.78 is 0. The topological polar surface area (TPSA) is 16.1 Å². The van der Waals surface area contributed by atoms with E-state index in [0.29, 0.717) is 5.88 Å². The van der Waals surface area contributed by atoms with Crippen LogP contribution < -0.4 is 4.90 Å². The predicted octanol–water partition coefficient (Wildman–Crippen LogP) is 4.52. The Morgan fingerprint density at radius 1 is 1.20 bits per heavy atom. The van der Waals surface area contributed by atoms with Gasteiger partial charge in [0.15, 0.2) is 0 Å². The summed E-state index contributed by atoms with van der Waals surface area (Å²) in [5, 5.41) is 0. The van der Waals surface area contributed by atoms with Gasteiger partial charge in [0.2, 0.25) is 0 Å². The van der Waals surface area contributed by atoms with Gasteiger partial charge in [-0.3, -0.25) is 0 Å². The molecule has 0 radical (unpaired) electrons. The molecule has 0 fully saturated rings. The van der Waals surface area contributed by atoms with Gasteiger partial charge in [-0.1, -0.05) is 23.8 Å². The Bertz CT molecular complexity index is 637. The Morgan fingerprint density at radius 2 is 2.05 bits per heavy atom. The third kappa shape index (κ3) is 2.40. The number of aromatic nitrogens is 1. The number of halogens is 1. The van der Waals surface area contributed by atoms with Crippen LogP contribution in [0.25, 0.3) is 0 Å². The van der Waals surface area contributed by atoms with E-state index in [1.54, 1.807) is 0 Å². The molecule has 0 unspecified atom stereocenters. The molecule has 0 bridgehead atoms. The molecule has 1 aromatic carbocycles. The van der Waals surface area contributed by atoms with Crippen molar-refractivity contribution in [2.24, 2.45) is 0 Å². The van der Waals surface area contributed by atoms with E-state index in [4.69, 9.17) is 16.6 Å². The summed E-state index contributed by atoms with van der Waals surface area (Å²) in [6.45, 7) is 5.21. The SMILES string of the molecule is Cc1ccc2c(c1)CCCN2c1ccc(CCl)c(C)n1. The maximum atomic E-state index is 5.92. The lowest BCUT2D eigenvalue weighted by Gasteiger charge is -2.31. The largest absolute Gasteiger partial charge is 0.326 e. The van der Waals surface area contributed by atoms with Crippen molar-refractivity contribution in [1.29, 1.82) is 0 Å². The van der Waals surface area contributed by atoms with Gasteiger partial charge in [-0.15, -0.1) is 11.6 Å². The molecule has 20 heavy (non-hydrogen) atoms. The first-order chi connectivity index (χ1) is 9.69. The minimum Gasteiger partial charge on any atom is -0.326 e.